The number of ether oxygens (including phenoxy) is 2. The molecule has 1 amide bonds. The Balaban J connectivity index is 1.71. The molecular formula is C13H21N3O4. The third kappa shape index (κ3) is 4.19. The molecule has 1 aromatic heterocycles. The zero-order chi connectivity index (χ0) is 14.6. The molecule has 1 N–H and O–H groups in total. The first-order chi connectivity index (χ1) is 9.45. The Bertz CT molecular complexity index is 447. The lowest BCUT2D eigenvalue weighted by atomic mass is 9.96. The molecule has 1 fully saturated rings. The summed E-state index contributed by atoms with van der Waals surface area (Å²) in [7, 11) is 0. The predicted molar refractivity (Wildman–Crippen MR) is 70.5 cm³/mol. The van der Waals surface area contributed by atoms with E-state index in [1.807, 2.05) is 20.8 Å². The summed E-state index contributed by atoms with van der Waals surface area (Å²) in [5.41, 5.74) is -0.215. The highest BCUT2D eigenvalue weighted by Crippen LogP contribution is 2.20. The van der Waals surface area contributed by atoms with Crippen LogP contribution >= 0.6 is 0 Å². The van der Waals surface area contributed by atoms with Crippen LogP contribution in [0.15, 0.2) is 4.52 Å². The number of rotatable bonds is 5. The van der Waals surface area contributed by atoms with Gasteiger partial charge in [-0.2, -0.15) is 4.98 Å². The summed E-state index contributed by atoms with van der Waals surface area (Å²) in [5.74, 6) is 0.322. The molecule has 0 spiro atoms. The van der Waals surface area contributed by atoms with Crippen molar-refractivity contribution in [2.75, 3.05) is 19.8 Å². The predicted octanol–water partition coefficient (Wildman–Crippen LogP) is 1.04. The van der Waals surface area contributed by atoms with Gasteiger partial charge in [-0.25, -0.2) is 0 Å². The molecule has 112 valence electrons. The standard InChI is InChI=1S/C13H21N3O4/c1-13(2,3)11-15-12(20-16-11)19-8-10(17)14-7-9-5-4-6-18-9/h9H,4-8H2,1-3H3,(H,14,17)/t9-/m1/s1. The van der Waals surface area contributed by atoms with Gasteiger partial charge in [-0.3, -0.25) is 9.32 Å². The van der Waals surface area contributed by atoms with Gasteiger partial charge in [0.2, 0.25) is 0 Å². The first-order valence-corrected chi connectivity index (χ1v) is 6.80. The first-order valence-electron chi connectivity index (χ1n) is 6.80. The van der Waals surface area contributed by atoms with E-state index in [2.05, 4.69) is 15.5 Å². The minimum Gasteiger partial charge on any atom is -0.439 e. The normalized spacial score (nSPS) is 19.1. The molecule has 0 saturated carbocycles. The van der Waals surface area contributed by atoms with E-state index in [1.165, 1.54) is 0 Å². The summed E-state index contributed by atoms with van der Waals surface area (Å²) in [6, 6.07) is 0. The number of hydrogen-bond donors (Lipinski definition) is 1. The number of amides is 1. The second-order valence-corrected chi connectivity index (χ2v) is 5.86. The number of nitrogens with one attached hydrogen (secondary N) is 1. The molecule has 1 aromatic rings. The smallest absolute Gasteiger partial charge is 0.417 e. The summed E-state index contributed by atoms with van der Waals surface area (Å²) >= 11 is 0. The van der Waals surface area contributed by atoms with Crippen LogP contribution in [-0.4, -0.2) is 41.9 Å². The lowest BCUT2D eigenvalue weighted by Crippen LogP contribution is -2.35. The molecule has 2 heterocycles. The fraction of sp³-hybridized carbons (Fsp3) is 0.769. The van der Waals surface area contributed by atoms with Crippen LogP contribution < -0.4 is 10.1 Å². The Morgan fingerprint density at radius 2 is 2.30 bits per heavy atom. The summed E-state index contributed by atoms with van der Waals surface area (Å²) in [5, 5.41) is 6.56. The van der Waals surface area contributed by atoms with Gasteiger partial charge in [0, 0.05) is 18.6 Å². The molecule has 0 radical (unpaired) electrons. The van der Waals surface area contributed by atoms with Gasteiger partial charge in [0.15, 0.2) is 12.4 Å². The Morgan fingerprint density at radius 1 is 1.50 bits per heavy atom. The second-order valence-electron chi connectivity index (χ2n) is 5.86. The second kappa shape index (κ2) is 6.21. The Morgan fingerprint density at radius 3 is 2.90 bits per heavy atom. The van der Waals surface area contributed by atoms with Crippen LogP contribution in [0.2, 0.25) is 0 Å². The van der Waals surface area contributed by atoms with Crippen molar-refractivity contribution >= 4 is 5.91 Å². The summed E-state index contributed by atoms with van der Waals surface area (Å²) in [6.45, 7) is 7.05. The highest BCUT2D eigenvalue weighted by molar-refractivity contribution is 5.77. The van der Waals surface area contributed by atoms with Crippen LogP contribution in [0.1, 0.15) is 39.4 Å². The first kappa shape index (κ1) is 14.8. The van der Waals surface area contributed by atoms with E-state index in [9.17, 15) is 4.79 Å². The Hall–Kier alpha value is -1.63. The lowest BCUT2D eigenvalue weighted by Gasteiger charge is -2.11. The van der Waals surface area contributed by atoms with E-state index in [0.29, 0.717) is 12.4 Å². The van der Waals surface area contributed by atoms with Crippen LogP contribution in [0.4, 0.5) is 0 Å². The Labute approximate surface area is 118 Å². The van der Waals surface area contributed by atoms with E-state index >= 15 is 0 Å². The SMILES string of the molecule is CC(C)(C)c1noc(OCC(=O)NC[C@H]2CCCO2)n1. The number of carbonyl (C=O) groups is 1. The minimum atomic E-state index is -0.226. The number of nitrogens with zero attached hydrogens (tertiary/aromatic N) is 2. The van der Waals surface area contributed by atoms with E-state index in [0.717, 1.165) is 19.4 Å². The molecule has 1 atom stereocenters. The minimum absolute atomic E-state index is 0.0159. The number of aromatic nitrogens is 2. The molecule has 1 aliphatic heterocycles. The van der Waals surface area contributed by atoms with Crippen LogP contribution in [0.25, 0.3) is 0 Å². The summed E-state index contributed by atoms with van der Waals surface area (Å²) < 4.78 is 15.5. The molecule has 0 aromatic carbocycles. The summed E-state index contributed by atoms with van der Waals surface area (Å²) in [4.78, 5) is 15.7. The maximum Gasteiger partial charge on any atom is 0.417 e. The number of carbonyl (C=O) groups excluding carboxylic acids is 1. The molecular weight excluding hydrogens is 262 g/mol. The maximum absolute atomic E-state index is 11.6. The molecule has 1 saturated heterocycles. The van der Waals surface area contributed by atoms with E-state index < -0.39 is 0 Å². The topological polar surface area (TPSA) is 86.5 Å². The fourth-order valence-corrected chi connectivity index (χ4v) is 1.78. The van der Waals surface area contributed by atoms with Crippen molar-refractivity contribution in [3.05, 3.63) is 5.82 Å². The molecule has 0 bridgehead atoms. The van der Waals surface area contributed by atoms with E-state index in [4.69, 9.17) is 14.0 Å². The highest BCUT2D eigenvalue weighted by atomic mass is 16.6. The zero-order valence-electron chi connectivity index (χ0n) is 12.1. The third-order valence-electron chi connectivity index (χ3n) is 2.96. The van der Waals surface area contributed by atoms with E-state index in [1.54, 1.807) is 0 Å². The van der Waals surface area contributed by atoms with Gasteiger partial charge in [0.05, 0.1) is 6.10 Å². The van der Waals surface area contributed by atoms with Gasteiger partial charge in [-0.1, -0.05) is 25.9 Å². The van der Waals surface area contributed by atoms with E-state index in [-0.39, 0.29) is 30.1 Å². The quantitative estimate of drug-likeness (QED) is 0.869. The van der Waals surface area contributed by atoms with Crippen molar-refractivity contribution in [3.63, 3.8) is 0 Å². The summed E-state index contributed by atoms with van der Waals surface area (Å²) in [6.07, 6.45) is 2.17. The van der Waals surface area contributed by atoms with Crippen molar-refractivity contribution in [1.29, 1.82) is 0 Å². The molecule has 20 heavy (non-hydrogen) atoms. The monoisotopic (exact) mass is 283 g/mol. The molecule has 7 nitrogen and oxygen atoms in total. The van der Waals surface area contributed by atoms with Crippen molar-refractivity contribution < 1.29 is 18.8 Å². The van der Waals surface area contributed by atoms with Crippen LogP contribution in [-0.2, 0) is 14.9 Å². The molecule has 2 rings (SSSR count). The number of hydrogen-bond acceptors (Lipinski definition) is 6. The van der Waals surface area contributed by atoms with Gasteiger partial charge in [-0.05, 0) is 12.8 Å². The van der Waals surface area contributed by atoms with Crippen LogP contribution in [0.5, 0.6) is 6.08 Å². The van der Waals surface area contributed by atoms with Crippen LogP contribution in [0.3, 0.4) is 0 Å². The van der Waals surface area contributed by atoms with Gasteiger partial charge in [0.1, 0.15) is 0 Å². The maximum atomic E-state index is 11.6. The van der Waals surface area contributed by atoms with Gasteiger partial charge in [0.25, 0.3) is 5.91 Å². The largest absolute Gasteiger partial charge is 0.439 e. The van der Waals surface area contributed by atoms with Crippen molar-refractivity contribution in [3.8, 4) is 6.08 Å². The fourth-order valence-electron chi connectivity index (χ4n) is 1.78. The average molecular weight is 283 g/mol. The molecule has 0 aliphatic carbocycles. The molecule has 7 heteroatoms. The van der Waals surface area contributed by atoms with Gasteiger partial charge in [-0.15, -0.1) is 0 Å². The highest BCUT2D eigenvalue weighted by Gasteiger charge is 2.22. The van der Waals surface area contributed by atoms with Crippen molar-refractivity contribution in [1.82, 2.24) is 15.5 Å². The van der Waals surface area contributed by atoms with Gasteiger partial charge < -0.3 is 14.8 Å². The molecule has 1 aliphatic rings. The third-order valence-corrected chi connectivity index (χ3v) is 2.96. The average Bonchev–Trinajstić information content (AvgIpc) is 3.04. The van der Waals surface area contributed by atoms with Crippen molar-refractivity contribution in [2.24, 2.45) is 0 Å². The Kier molecular flexibility index (Phi) is 4.59. The van der Waals surface area contributed by atoms with Crippen molar-refractivity contribution in [2.45, 2.75) is 45.1 Å². The zero-order valence-corrected chi connectivity index (χ0v) is 12.1. The molecule has 0 unspecified atom stereocenters. The lowest BCUT2D eigenvalue weighted by molar-refractivity contribution is -0.124. The van der Waals surface area contributed by atoms with Crippen LogP contribution in [0, 0.1) is 0 Å². The van der Waals surface area contributed by atoms with Gasteiger partial charge >= 0.3 is 6.08 Å².